The Morgan fingerprint density at radius 2 is 1.23 bits per heavy atom. The van der Waals surface area contributed by atoms with Gasteiger partial charge in [-0.3, -0.25) is 0 Å². The zero-order valence-corrected chi connectivity index (χ0v) is 22.7. The molecule has 2 nitrogen and oxygen atoms in total. The Morgan fingerprint density at radius 3 is 1.87 bits per heavy atom. The van der Waals surface area contributed by atoms with Crippen molar-refractivity contribution in [2.75, 3.05) is 4.90 Å². The molecule has 0 unspecified atom stereocenters. The van der Waals surface area contributed by atoms with Gasteiger partial charge in [-0.05, 0) is 81.7 Å². The van der Waals surface area contributed by atoms with Crippen LogP contribution in [0.4, 0.5) is 17.1 Å². The molecular formula is C36H27ClN2. The van der Waals surface area contributed by atoms with Crippen LogP contribution in [0.25, 0.3) is 33.0 Å². The lowest BCUT2D eigenvalue weighted by Gasteiger charge is -2.29. The summed E-state index contributed by atoms with van der Waals surface area (Å²) in [4.78, 5) is 6.70. The minimum Gasteiger partial charge on any atom is -0.310 e. The molecule has 0 N–H and O–H groups in total. The predicted molar refractivity (Wildman–Crippen MR) is 164 cm³/mol. The van der Waals surface area contributed by atoms with Gasteiger partial charge in [0.25, 0.3) is 0 Å². The van der Waals surface area contributed by atoms with Crippen LogP contribution in [0.15, 0.2) is 128 Å². The Labute approximate surface area is 234 Å². The molecule has 6 aromatic rings. The number of pyridine rings is 1. The largest absolute Gasteiger partial charge is 0.310 e. The summed E-state index contributed by atoms with van der Waals surface area (Å²) >= 11 is 6.07. The highest BCUT2D eigenvalue weighted by molar-refractivity contribution is 6.29. The lowest BCUT2D eigenvalue weighted by atomic mass is 9.81. The number of aromatic nitrogens is 1. The summed E-state index contributed by atoms with van der Waals surface area (Å²) in [5.41, 5.74) is 10.8. The molecule has 39 heavy (non-hydrogen) atoms. The number of rotatable bonds is 4. The third-order valence-electron chi connectivity index (χ3n) is 7.99. The number of nitrogens with zero attached hydrogens (tertiary/aromatic N) is 2. The second kappa shape index (κ2) is 9.11. The highest BCUT2D eigenvalue weighted by Gasteiger charge is 2.38. The van der Waals surface area contributed by atoms with E-state index in [1.807, 2.05) is 18.3 Å². The molecule has 0 saturated heterocycles. The second-order valence-electron chi connectivity index (χ2n) is 10.6. The van der Waals surface area contributed by atoms with Gasteiger partial charge in [0.15, 0.2) is 0 Å². The molecular weight excluding hydrogens is 496 g/mol. The Kier molecular flexibility index (Phi) is 5.54. The van der Waals surface area contributed by atoms with Crippen molar-refractivity contribution in [3.63, 3.8) is 0 Å². The van der Waals surface area contributed by atoms with Crippen LogP contribution in [-0.2, 0) is 5.41 Å². The minimum absolute atomic E-state index is 0.182. The van der Waals surface area contributed by atoms with Crippen molar-refractivity contribution in [3.05, 3.63) is 144 Å². The van der Waals surface area contributed by atoms with Crippen molar-refractivity contribution in [2.45, 2.75) is 19.3 Å². The fourth-order valence-corrected chi connectivity index (χ4v) is 6.17. The van der Waals surface area contributed by atoms with Gasteiger partial charge in [-0.2, -0.15) is 0 Å². The van der Waals surface area contributed by atoms with Gasteiger partial charge in [0.05, 0.1) is 5.69 Å². The van der Waals surface area contributed by atoms with Gasteiger partial charge in [0.2, 0.25) is 0 Å². The van der Waals surface area contributed by atoms with Crippen molar-refractivity contribution >= 4 is 39.4 Å². The van der Waals surface area contributed by atoms with E-state index in [0.29, 0.717) is 5.15 Å². The summed E-state index contributed by atoms with van der Waals surface area (Å²) in [5, 5.41) is 3.02. The lowest BCUT2D eigenvalue weighted by Crippen LogP contribution is -2.17. The van der Waals surface area contributed by atoms with E-state index >= 15 is 0 Å². The Hall–Kier alpha value is -4.40. The SMILES string of the molecule is CC1(C)c2cc(-c3ccc(Cl)nc3)ccc2-c2c1cc(N(c1ccccc1)c1ccccc1)c1ccccc21. The summed E-state index contributed by atoms with van der Waals surface area (Å²) in [6, 6.07) is 43.2. The standard InChI is InChI=1S/C36H27ClN2/c1-36(2)31-21-24(25-18-20-34(37)38-23-25)17-19-30(31)35-29-16-10-9-15-28(29)33(22-32(35)36)39(26-11-5-3-6-12-26)27-13-7-4-8-14-27/h3-23H,1-2H3. The number of hydrogen-bond donors (Lipinski definition) is 0. The van der Waals surface area contributed by atoms with E-state index in [-0.39, 0.29) is 5.41 Å². The summed E-state index contributed by atoms with van der Waals surface area (Å²) in [6.45, 7) is 4.69. The first-order valence-electron chi connectivity index (χ1n) is 13.3. The maximum atomic E-state index is 6.07. The highest BCUT2D eigenvalue weighted by atomic mass is 35.5. The Bertz CT molecular complexity index is 1790. The van der Waals surface area contributed by atoms with Gasteiger partial charge < -0.3 is 4.90 Å². The van der Waals surface area contributed by atoms with Gasteiger partial charge in [0.1, 0.15) is 5.15 Å². The quantitative estimate of drug-likeness (QED) is 0.214. The Balaban J connectivity index is 1.49. The van der Waals surface area contributed by atoms with Crippen LogP contribution < -0.4 is 4.90 Å². The van der Waals surface area contributed by atoms with E-state index in [9.17, 15) is 0 Å². The maximum absolute atomic E-state index is 6.07. The number of halogens is 1. The molecule has 1 aromatic heterocycles. The van der Waals surface area contributed by atoms with Crippen molar-refractivity contribution in [2.24, 2.45) is 0 Å². The first-order valence-corrected chi connectivity index (χ1v) is 13.6. The van der Waals surface area contributed by atoms with Crippen LogP contribution in [-0.4, -0.2) is 4.98 Å². The van der Waals surface area contributed by atoms with E-state index in [4.69, 9.17) is 11.6 Å². The molecule has 1 heterocycles. The van der Waals surface area contributed by atoms with E-state index in [0.717, 1.165) is 22.5 Å². The van der Waals surface area contributed by atoms with Gasteiger partial charge in [0, 0.05) is 33.9 Å². The van der Waals surface area contributed by atoms with Crippen molar-refractivity contribution in [3.8, 4) is 22.3 Å². The Morgan fingerprint density at radius 1 is 0.615 bits per heavy atom. The van der Waals surface area contributed by atoms with Crippen LogP contribution in [0.5, 0.6) is 0 Å². The third-order valence-corrected chi connectivity index (χ3v) is 8.21. The number of fused-ring (bicyclic) bond motifs is 5. The van der Waals surface area contributed by atoms with E-state index < -0.39 is 0 Å². The summed E-state index contributed by atoms with van der Waals surface area (Å²) in [6.07, 6.45) is 1.85. The zero-order valence-electron chi connectivity index (χ0n) is 21.9. The van der Waals surface area contributed by atoms with Gasteiger partial charge >= 0.3 is 0 Å². The van der Waals surface area contributed by atoms with Gasteiger partial charge in [-0.15, -0.1) is 0 Å². The zero-order chi connectivity index (χ0) is 26.6. The fraction of sp³-hybridized carbons (Fsp3) is 0.0833. The van der Waals surface area contributed by atoms with Crippen molar-refractivity contribution < 1.29 is 0 Å². The molecule has 0 radical (unpaired) electrons. The van der Waals surface area contributed by atoms with Gasteiger partial charge in [-0.25, -0.2) is 4.98 Å². The molecule has 0 bridgehead atoms. The number of para-hydroxylation sites is 2. The van der Waals surface area contributed by atoms with E-state index in [2.05, 4.69) is 133 Å². The van der Waals surface area contributed by atoms with Crippen LogP contribution >= 0.6 is 11.6 Å². The van der Waals surface area contributed by atoms with Crippen molar-refractivity contribution in [1.29, 1.82) is 0 Å². The molecule has 7 rings (SSSR count). The topological polar surface area (TPSA) is 16.1 Å². The summed E-state index contributed by atoms with van der Waals surface area (Å²) < 4.78 is 0. The molecule has 5 aromatic carbocycles. The first kappa shape index (κ1) is 23.7. The maximum Gasteiger partial charge on any atom is 0.129 e. The summed E-state index contributed by atoms with van der Waals surface area (Å²) in [7, 11) is 0. The molecule has 0 atom stereocenters. The number of hydrogen-bond acceptors (Lipinski definition) is 2. The van der Waals surface area contributed by atoms with Crippen LogP contribution in [0.2, 0.25) is 5.15 Å². The van der Waals surface area contributed by atoms with E-state index in [1.54, 1.807) is 0 Å². The molecule has 0 aliphatic heterocycles. The second-order valence-corrected chi connectivity index (χ2v) is 11.0. The van der Waals surface area contributed by atoms with Crippen LogP contribution in [0, 0.1) is 0 Å². The molecule has 0 fully saturated rings. The minimum atomic E-state index is -0.182. The van der Waals surface area contributed by atoms with Gasteiger partial charge in [-0.1, -0.05) is 98.2 Å². The normalized spacial score (nSPS) is 13.2. The molecule has 1 aliphatic rings. The molecule has 0 saturated carbocycles. The summed E-state index contributed by atoms with van der Waals surface area (Å²) in [5.74, 6) is 0. The lowest BCUT2D eigenvalue weighted by molar-refractivity contribution is 0.661. The van der Waals surface area contributed by atoms with E-state index in [1.165, 1.54) is 38.7 Å². The van der Waals surface area contributed by atoms with Crippen LogP contribution in [0.3, 0.4) is 0 Å². The third kappa shape index (κ3) is 3.83. The molecule has 3 heteroatoms. The average Bonchev–Trinajstić information content (AvgIpc) is 3.21. The highest BCUT2D eigenvalue weighted by Crippen LogP contribution is 2.55. The average molecular weight is 523 g/mol. The van der Waals surface area contributed by atoms with Crippen LogP contribution in [0.1, 0.15) is 25.0 Å². The molecule has 1 aliphatic carbocycles. The number of anilines is 3. The molecule has 188 valence electrons. The predicted octanol–water partition coefficient (Wildman–Crippen LogP) is 10.3. The molecule has 0 amide bonds. The monoisotopic (exact) mass is 522 g/mol. The first-order chi connectivity index (χ1) is 19.0. The number of benzene rings is 5. The smallest absolute Gasteiger partial charge is 0.129 e. The van der Waals surface area contributed by atoms with Crippen molar-refractivity contribution in [1.82, 2.24) is 4.98 Å². The fourth-order valence-electron chi connectivity index (χ4n) is 6.06. The molecule has 0 spiro atoms.